The summed E-state index contributed by atoms with van der Waals surface area (Å²) < 4.78 is 4.75. The maximum Gasteiger partial charge on any atom is 0.337 e. The molecule has 0 fully saturated rings. The van der Waals surface area contributed by atoms with Crippen molar-refractivity contribution in [3.63, 3.8) is 0 Å². The summed E-state index contributed by atoms with van der Waals surface area (Å²) in [6, 6.07) is 0. The van der Waals surface area contributed by atoms with Crippen LogP contribution in [0, 0.1) is 0 Å². The second-order valence-electron chi connectivity index (χ2n) is 2.48. The molecule has 0 radical (unpaired) electrons. The molecule has 0 spiro atoms. The second-order valence-corrected chi connectivity index (χ2v) is 2.48. The highest BCUT2D eigenvalue weighted by Crippen LogP contribution is 2.11. The van der Waals surface area contributed by atoms with Crippen molar-refractivity contribution in [1.82, 2.24) is 10.2 Å². The molecule has 1 N–H and O–H groups in total. The summed E-state index contributed by atoms with van der Waals surface area (Å²) >= 11 is 0. The van der Waals surface area contributed by atoms with Gasteiger partial charge in [0.25, 0.3) is 0 Å². The van der Waals surface area contributed by atoms with Crippen molar-refractivity contribution in [2.75, 3.05) is 20.2 Å². The molecule has 0 aliphatic carbocycles. The Hall–Kier alpha value is -1.07. The molecule has 1 rings (SSSR count). The van der Waals surface area contributed by atoms with Crippen LogP contribution in [-0.4, -0.2) is 41.6 Å². The van der Waals surface area contributed by atoms with Crippen molar-refractivity contribution in [1.29, 1.82) is 0 Å². The molecule has 1 aliphatic heterocycles. The van der Waals surface area contributed by atoms with Gasteiger partial charge < -0.3 is 4.74 Å². The lowest BCUT2D eigenvalue weighted by molar-refractivity contribution is -0.196. The number of carbonyl (C=O) groups excluding carboxylic acids is 1. The van der Waals surface area contributed by atoms with Gasteiger partial charge in [0.2, 0.25) is 0 Å². The van der Waals surface area contributed by atoms with Gasteiger partial charge in [-0.15, -0.1) is 0 Å². The minimum absolute atomic E-state index is 0.190. The lowest BCUT2D eigenvalue weighted by atomic mass is 10.3. The number of esters is 1. The van der Waals surface area contributed by atoms with Gasteiger partial charge in [-0.25, -0.2) is 4.79 Å². The van der Waals surface area contributed by atoms with E-state index in [0.29, 0.717) is 12.2 Å². The number of carbonyl (C=O) groups is 1. The molecular weight excluding hydrogens is 160 g/mol. The average molecular weight is 172 g/mol. The van der Waals surface area contributed by atoms with Gasteiger partial charge in [0, 0.05) is 13.2 Å². The number of hydrogen-bond donors (Lipinski definition) is 1. The van der Waals surface area contributed by atoms with E-state index in [0.717, 1.165) is 5.17 Å². The smallest absolute Gasteiger partial charge is 0.337 e. The molecule has 0 saturated carbocycles. The normalized spacial score (nSPS) is 17.9. The summed E-state index contributed by atoms with van der Waals surface area (Å²) in [6.07, 6.45) is 1.54. The first-order valence-electron chi connectivity index (χ1n) is 3.72. The van der Waals surface area contributed by atoms with Gasteiger partial charge in [-0.3, -0.25) is 10.2 Å². The van der Waals surface area contributed by atoms with E-state index in [2.05, 4.69) is 0 Å². The van der Waals surface area contributed by atoms with Crippen LogP contribution < -0.4 is 0 Å². The summed E-state index contributed by atoms with van der Waals surface area (Å²) in [7, 11) is 1.65. The molecule has 0 amide bonds. The van der Waals surface area contributed by atoms with E-state index in [1.54, 1.807) is 14.0 Å². The van der Waals surface area contributed by atoms with Gasteiger partial charge >= 0.3 is 5.97 Å². The molecule has 0 unspecified atom stereocenters. The summed E-state index contributed by atoms with van der Waals surface area (Å²) in [6.45, 7) is 2.29. The van der Waals surface area contributed by atoms with Gasteiger partial charge in [0.05, 0.1) is 18.7 Å². The highest BCUT2D eigenvalue weighted by atomic mass is 16.6. The Balaban J connectivity index is 2.55. The molecule has 0 aromatic rings. The van der Waals surface area contributed by atoms with Crippen LogP contribution in [0.15, 0.2) is 11.8 Å². The fourth-order valence-electron chi connectivity index (χ4n) is 0.938. The number of hydroxylamine groups is 1. The zero-order valence-electron chi connectivity index (χ0n) is 7.15. The molecule has 1 heterocycles. The van der Waals surface area contributed by atoms with Crippen LogP contribution in [0.3, 0.4) is 0 Å². The summed E-state index contributed by atoms with van der Waals surface area (Å²) in [5.74, 6) is -0.374. The predicted molar refractivity (Wildman–Crippen MR) is 41.0 cm³/mol. The van der Waals surface area contributed by atoms with E-state index >= 15 is 0 Å². The quantitative estimate of drug-likeness (QED) is 0.593. The van der Waals surface area contributed by atoms with Crippen LogP contribution in [0.5, 0.6) is 0 Å². The van der Waals surface area contributed by atoms with E-state index in [9.17, 15) is 4.79 Å². The standard InChI is InChI=1S/C7H12N2O3/c1-3-12-7(10)6-4-8(2)9(11)5-6/h4,11H,3,5H2,1-2H3. The Morgan fingerprint density at radius 2 is 2.50 bits per heavy atom. The fraction of sp³-hybridized carbons (Fsp3) is 0.571. The van der Waals surface area contributed by atoms with E-state index in [1.807, 2.05) is 0 Å². The summed E-state index contributed by atoms with van der Waals surface area (Å²) in [5.41, 5.74) is 0.460. The van der Waals surface area contributed by atoms with E-state index in [4.69, 9.17) is 9.94 Å². The molecule has 0 aromatic heterocycles. The van der Waals surface area contributed by atoms with E-state index in [1.165, 1.54) is 11.2 Å². The van der Waals surface area contributed by atoms with Gasteiger partial charge in [-0.2, -0.15) is 0 Å². The van der Waals surface area contributed by atoms with Crippen molar-refractivity contribution >= 4 is 5.97 Å². The van der Waals surface area contributed by atoms with Gasteiger partial charge in [0.1, 0.15) is 0 Å². The Bertz CT molecular complexity index is 215. The molecule has 0 aromatic carbocycles. The van der Waals surface area contributed by atoms with Crippen LogP contribution in [-0.2, 0) is 9.53 Å². The summed E-state index contributed by atoms with van der Waals surface area (Å²) in [5, 5.41) is 11.4. The number of nitrogens with zero attached hydrogens (tertiary/aromatic N) is 2. The zero-order valence-corrected chi connectivity index (χ0v) is 7.15. The fourth-order valence-corrected chi connectivity index (χ4v) is 0.938. The Labute approximate surface area is 70.7 Å². The number of ether oxygens (including phenoxy) is 1. The molecule has 5 nitrogen and oxygen atoms in total. The SMILES string of the molecule is CCOC(=O)C1=CN(C)N(O)C1. The van der Waals surface area contributed by atoms with Crippen molar-refractivity contribution in [2.24, 2.45) is 0 Å². The van der Waals surface area contributed by atoms with Crippen LogP contribution in [0.1, 0.15) is 6.92 Å². The van der Waals surface area contributed by atoms with Gasteiger partial charge in [-0.1, -0.05) is 5.17 Å². The van der Waals surface area contributed by atoms with Crippen LogP contribution in [0.2, 0.25) is 0 Å². The van der Waals surface area contributed by atoms with Crippen LogP contribution in [0.4, 0.5) is 0 Å². The number of hydrazine groups is 1. The average Bonchev–Trinajstić information content (AvgIpc) is 2.33. The van der Waals surface area contributed by atoms with E-state index < -0.39 is 0 Å². The zero-order chi connectivity index (χ0) is 9.14. The first-order valence-corrected chi connectivity index (χ1v) is 3.72. The van der Waals surface area contributed by atoms with Crippen molar-refractivity contribution in [3.8, 4) is 0 Å². The van der Waals surface area contributed by atoms with Crippen molar-refractivity contribution in [2.45, 2.75) is 6.92 Å². The topological polar surface area (TPSA) is 53.0 Å². The lowest BCUT2D eigenvalue weighted by Crippen LogP contribution is -2.28. The van der Waals surface area contributed by atoms with Gasteiger partial charge in [-0.05, 0) is 6.92 Å². The van der Waals surface area contributed by atoms with Crippen molar-refractivity contribution < 1.29 is 14.7 Å². The lowest BCUT2D eigenvalue weighted by Gasteiger charge is -2.15. The molecular formula is C7H12N2O3. The molecule has 12 heavy (non-hydrogen) atoms. The van der Waals surface area contributed by atoms with Crippen molar-refractivity contribution in [3.05, 3.63) is 11.8 Å². The third-order valence-corrected chi connectivity index (χ3v) is 1.56. The number of hydrogen-bond acceptors (Lipinski definition) is 5. The van der Waals surface area contributed by atoms with Gasteiger partial charge in [0.15, 0.2) is 0 Å². The third kappa shape index (κ3) is 1.75. The third-order valence-electron chi connectivity index (χ3n) is 1.56. The monoisotopic (exact) mass is 172 g/mol. The molecule has 0 bridgehead atoms. The Morgan fingerprint density at radius 3 is 2.92 bits per heavy atom. The maximum atomic E-state index is 11.1. The minimum Gasteiger partial charge on any atom is -0.463 e. The molecule has 68 valence electrons. The highest BCUT2D eigenvalue weighted by Gasteiger charge is 2.22. The predicted octanol–water partition coefficient (Wildman–Crippen LogP) is -0.0150. The number of rotatable bonds is 2. The Kier molecular flexibility index (Phi) is 2.67. The minimum atomic E-state index is -0.374. The van der Waals surface area contributed by atoms with E-state index in [-0.39, 0.29) is 12.5 Å². The summed E-state index contributed by atoms with van der Waals surface area (Å²) in [4.78, 5) is 11.1. The first kappa shape index (κ1) is 9.02. The largest absolute Gasteiger partial charge is 0.463 e. The second kappa shape index (κ2) is 3.55. The first-order chi connectivity index (χ1) is 5.65. The molecule has 1 aliphatic rings. The van der Waals surface area contributed by atoms with Crippen LogP contribution in [0.25, 0.3) is 0 Å². The molecule has 0 saturated heterocycles. The maximum absolute atomic E-state index is 11.1. The van der Waals surface area contributed by atoms with Crippen LogP contribution >= 0.6 is 0 Å². The molecule has 5 heteroatoms. The molecule has 0 atom stereocenters. The highest BCUT2D eigenvalue weighted by molar-refractivity contribution is 5.89. The Morgan fingerprint density at radius 1 is 1.83 bits per heavy atom.